The summed E-state index contributed by atoms with van der Waals surface area (Å²) in [5, 5.41) is 9.72. The fourth-order valence-corrected chi connectivity index (χ4v) is 4.32. The van der Waals surface area contributed by atoms with Gasteiger partial charge in [-0.3, -0.25) is 4.90 Å². The average Bonchev–Trinajstić information content (AvgIpc) is 2.68. The topological polar surface area (TPSA) is 32.7 Å². The van der Waals surface area contributed by atoms with Crippen LogP contribution >= 0.6 is 0 Å². The van der Waals surface area contributed by atoms with Crippen molar-refractivity contribution in [1.82, 2.24) is 4.90 Å². The minimum atomic E-state index is -5.63. The highest BCUT2D eigenvalue weighted by atomic mass is 19.4. The van der Waals surface area contributed by atoms with Crippen LogP contribution in [-0.4, -0.2) is 54.2 Å². The molecule has 2 unspecified atom stereocenters. The zero-order valence-electron chi connectivity index (χ0n) is 20.5. The summed E-state index contributed by atoms with van der Waals surface area (Å²) >= 11 is 0. The quantitative estimate of drug-likeness (QED) is 0.374. The molecule has 0 saturated heterocycles. The fourth-order valence-electron chi connectivity index (χ4n) is 4.32. The molecular formula is C26H33F6NO2. The van der Waals surface area contributed by atoms with Gasteiger partial charge in [-0.05, 0) is 49.9 Å². The standard InChI is InChI=1S/C26H33F6NO2/c1-17(2)14-33(15-19(4)34)16-20(5)35-23-12-10-22(11-13-23)24(25(27,28)29,26(30,31)32)21-8-6-18(3)7-9-21/h6-13,17,19-20,34H,14-16H2,1-5H3. The number of rotatable bonds is 10. The second-order valence-electron chi connectivity index (χ2n) is 9.53. The molecule has 2 aromatic carbocycles. The van der Waals surface area contributed by atoms with Crippen molar-refractivity contribution in [2.45, 2.75) is 64.6 Å². The minimum absolute atomic E-state index is 0.157. The van der Waals surface area contributed by atoms with Gasteiger partial charge in [0.2, 0.25) is 5.41 Å². The minimum Gasteiger partial charge on any atom is -0.489 e. The molecule has 2 aromatic rings. The van der Waals surface area contributed by atoms with E-state index in [1.54, 1.807) is 20.8 Å². The van der Waals surface area contributed by atoms with Crippen molar-refractivity contribution < 1.29 is 36.2 Å². The van der Waals surface area contributed by atoms with Gasteiger partial charge < -0.3 is 9.84 Å². The lowest BCUT2D eigenvalue weighted by Gasteiger charge is -2.38. The van der Waals surface area contributed by atoms with Crippen LogP contribution in [0.5, 0.6) is 5.75 Å². The van der Waals surface area contributed by atoms with Crippen molar-refractivity contribution in [3.05, 3.63) is 65.2 Å². The molecule has 0 heterocycles. The Morgan fingerprint density at radius 2 is 1.20 bits per heavy atom. The highest BCUT2D eigenvalue weighted by molar-refractivity contribution is 5.46. The van der Waals surface area contributed by atoms with E-state index in [1.165, 1.54) is 12.1 Å². The van der Waals surface area contributed by atoms with E-state index in [1.807, 2.05) is 18.7 Å². The normalized spacial score (nSPS) is 14.9. The molecule has 196 valence electrons. The number of benzene rings is 2. The Hall–Kier alpha value is -2.26. The van der Waals surface area contributed by atoms with Crippen LogP contribution in [0, 0.1) is 12.8 Å². The van der Waals surface area contributed by atoms with Gasteiger partial charge in [0.05, 0.1) is 6.10 Å². The number of alkyl halides is 6. The second-order valence-corrected chi connectivity index (χ2v) is 9.53. The average molecular weight is 506 g/mol. The van der Waals surface area contributed by atoms with Crippen LogP contribution in [0.2, 0.25) is 0 Å². The molecule has 0 aliphatic carbocycles. The zero-order valence-corrected chi connectivity index (χ0v) is 20.5. The summed E-state index contributed by atoms with van der Waals surface area (Å²) in [5.41, 5.74) is -5.46. The maximum Gasteiger partial charge on any atom is 0.411 e. The molecule has 0 aromatic heterocycles. The molecule has 1 N–H and O–H groups in total. The van der Waals surface area contributed by atoms with Gasteiger partial charge in [0.15, 0.2) is 0 Å². The molecule has 0 spiro atoms. The Morgan fingerprint density at radius 3 is 1.60 bits per heavy atom. The lowest BCUT2D eigenvalue weighted by atomic mass is 9.72. The molecule has 3 nitrogen and oxygen atoms in total. The third-order valence-electron chi connectivity index (χ3n) is 5.62. The third kappa shape index (κ3) is 6.91. The van der Waals surface area contributed by atoms with E-state index in [0.29, 0.717) is 31.1 Å². The smallest absolute Gasteiger partial charge is 0.411 e. The second kappa shape index (κ2) is 11.2. The predicted octanol–water partition coefficient (Wildman–Crippen LogP) is 6.51. The lowest BCUT2D eigenvalue weighted by Crippen LogP contribution is -2.54. The summed E-state index contributed by atoms with van der Waals surface area (Å²) in [6.45, 7) is 10.6. The van der Waals surface area contributed by atoms with Gasteiger partial charge >= 0.3 is 12.4 Å². The first-order valence-corrected chi connectivity index (χ1v) is 11.5. The molecule has 0 aliphatic rings. The Labute approximate surface area is 202 Å². The van der Waals surface area contributed by atoms with Crippen LogP contribution in [0.1, 0.15) is 44.4 Å². The summed E-state index contributed by atoms with van der Waals surface area (Å²) < 4.78 is 91.2. The zero-order chi connectivity index (χ0) is 26.6. The lowest BCUT2D eigenvalue weighted by molar-refractivity contribution is -0.288. The Bertz CT molecular complexity index is 897. The molecule has 0 aliphatic heterocycles. The molecule has 35 heavy (non-hydrogen) atoms. The van der Waals surface area contributed by atoms with Crippen molar-refractivity contribution in [1.29, 1.82) is 0 Å². The van der Waals surface area contributed by atoms with Crippen LogP contribution in [0.15, 0.2) is 48.5 Å². The van der Waals surface area contributed by atoms with Crippen molar-refractivity contribution in [2.24, 2.45) is 5.92 Å². The number of ether oxygens (including phenoxy) is 1. The number of aryl methyl sites for hydroxylation is 1. The molecular weight excluding hydrogens is 472 g/mol. The largest absolute Gasteiger partial charge is 0.489 e. The molecule has 2 rings (SSSR count). The van der Waals surface area contributed by atoms with E-state index >= 15 is 0 Å². The van der Waals surface area contributed by atoms with Crippen LogP contribution in [0.4, 0.5) is 26.3 Å². The number of hydrogen-bond donors (Lipinski definition) is 1. The Morgan fingerprint density at radius 1 is 0.743 bits per heavy atom. The third-order valence-corrected chi connectivity index (χ3v) is 5.62. The van der Waals surface area contributed by atoms with E-state index in [0.717, 1.165) is 36.4 Å². The summed E-state index contributed by atoms with van der Waals surface area (Å²) in [6.07, 6.45) is -12.2. The monoisotopic (exact) mass is 505 g/mol. The van der Waals surface area contributed by atoms with Gasteiger partial charge in [0.25, 0.3) is 0 Å². The first-order chi connectivity index (χ1) is 16.1. The predicted molar refractivity (Wildman–Crippen MR) is 124 cm³/mol. The van der Waals surface area contributed by atoms with Gasteiger partial charge in [-0.15, -0.1) is 0 Å². The summed E-state index contributed by atoms with van der Waals surface area (Å²) in [4.78, 5) is 2.00. The Balaban J connectivity index is 2.37. The molecule has 9 heteroatoms. The van der Waals surface area contributed by atoms with Gasteiger partial charge in [-0.2, -0.15) is 26.3 Å². The number of nitrogens with zero attached hydrogens (tertiary/aromatic N) is 1. The fraction of sp³-hybridized carbons (Fsp3) is 0.538. The molecule has 0 saturated carbocycles. The van der Waals surface area contributed by atoms with E-state index in [9.17, 15) is 31.4 Å². The number of halogens is 6. The molecule has 0 bridgehead atoms. The van der Waals surface area contributed by atoms with Crippen molar-refractivity contribution >= 4 is 0 Å². The van der Waals surface area contributed by atoms with E-state index in [2.05, 4.69) is 0 Å². The first-order valence-electron chi connectivity index (χ1n) is 11.5. The number of hydrogen-bond acceptors (Lipinski definition) is 3. The van der Waals surface area contributed by atoms with Crippen LogP contribution in [0.25, 0.3) is 0 Å². The maximum absolute atomic E-state index is 14.2. The first kappa shape index (κ1) is 29.0. The van der Waals surface area contributed by atoms with Crippen LogP contribution in [0.3, 0.4) is 0 Å². The SMILES string of the molecule is Cc1ccc(C(c2ccc(OC(C)CN(CC(C)C)CC(C)O)cc2)(C(F)(F)F)C(F)(F)F)cc1. The van der Waals surface area contributed by atoms with Crippen molar-refractivity contribution in [2.75, 3.05) is 19.6 Å². The van der Waals surface area contributed by atoms with Crippen molar-refractivity contribution in [3.63, 3.8) is 0 Å². The highest BCUT2D eigenvalue weighted by Gasteiger charge is 2.72. The molecule has 0 fully saturated rings. The molecule has 2 atom stereocenters. The maximum atomic E-state index is 14.2. The summed E-state index contributed by atoms with van der Waals surface area (Å²) in [6, 6.07) is 8.12. The highest BCUT2D eigenvalue weighted by Crippen LogP contribution is 2.56. The van der Waals surface area contributed by atoms with Gasteiger partial charge in [0, 0.05) is 19.6 Å². The number of aliphatic hydroxyl groups excluding tert-OH is 1. The van der Waals surface area contributed by atoms with E-state index in [4.69, 9.17) is 4.74 Å². The van der Waals surface area contributed by atoms with Gasteiger partial charge in [-0.1, -0.05) is 55.8 Å². The van der Waals surface area contributed by atoms with E-state index in [-0.39, 0.29) is 5.75 Å². The summed E-state index contributed by atoms with van der Waals surface area (Å²) in [5.74, 6) is 0.491. The summed E-state index contributed by atoms with van der Waals surface area (Å²) in [7, 11) is 0. The van der Waals surface area contributed by atoms with Gasteiger partial charge in [0.1, 0.15) is 11.9 Å². The van der Waals surface area contributed by atoms with Crippen LogP contribution in [-0.2, 0) is 5.41 Å². The van der Waals surface area contributed by atoms with Crippen molar-refractivity contribution in [3.8, 4) is 5.75 Å². The van der Waals surface area contributed by atoms with E-state index < -0.39 is 41.1 Å². The Kier molecular flexibility index (Phi) is 9.27. The van der Waals surface area contributed by atoms with Crippen LogP contribution < -0.4 is 4.74 Å². The number of aliphatic hydroxyl groups is 1. The van der Waals surface area contributed by atoms with Gasteiger partial charge in [-0.25, -0.2) is 0 Å². The molecule has 0 amide bonds. The molecule has 0 radical (unpaired) electrons.